The Morgan fingerprint density at radius 1 is 1.05 bits per heavy atom. The highest BCUT2D eigenvalue weighted by atomic mass is 16.5. The Hall–Kier alpha value is -2.23. The summed E-state index contributed by atoms with van der Waals surface area (Å²) in [6, 6.07) is 3.56. The van der Waals surface area contributed by atoms with Gasteiger partial charge in [0.05, 0.1) is 26.9 Å². The smallest absolute Gasteiger partial charge is 0.143 e. The zero-order valence-electron chi connectivity index (χ0n) is 11.6. The van der Waals surface area contributed by atoms with Crippen LogP contribution in [-0.2, 0) is 4.79 Å². The summed E-state index contributed by atoms with van der Waals surface area (Å²) in [6.07, 6.45) is 5.90. The second-order valence-corrected chi connectivity index (χ2v) is 3.83. The summed E-state index contributed by atoms with van der Waals surface area (Å²) in [5, 5.41) is 0. The normalized spacial score (nSPS) is 11.5. The van der Waals surface area contributed by atoms with Gasteiger partial charge in [-0.1, -0.05) is 6.08 Å². The summed E-state index contributed by atoms with van der Waals surface area (Å²) >= 11 is 0. The van der Waals surface area contributed by atoms with Gasteiger partial charge in [0.1, 0.15) is 23.5 Å². The van der Waals surface area contributed by atoms with E-state index in [-0.39, 0.29) is 0 Å². The highest BCUT2D eigenvalue weighted by Crippen LogP contribution is 2.35. The summed E-state index contributed by atoms with van der Waals surface area (Å²) in [5.74, 6) is 1.95. The van der Waals surface area contributed by atoms with E-state index < -0.39 is 0 Å². The van der Waals surface area contributed by atoms with Crippen LogP contribution >= 0.6 is 0 Å². The molecule has 0 radical (unpaired) electrons. The van der Waals surface area contributed by atoms with Crippen LogP contribution in [-0.4, -0.2) is 27.6 Å². The summed E-state index contributed by atoms with van der Waals surface area (Å²) < 4.78 is 15.8. The first-order chi connectivity index (χ1) is 9.15. The van der Waals surface area contributed by atoms with Crippen molar-refractivity contribution in [1.82, 2.24) is 0 Å². The van der Waals surface area contributed by atoms with E-state index in [1.54, 1.807) is 33.5 Å². The molecule has 0 aliphatic carbocycles. The molecule has 1 aromatic rings. The lowest BCUT2D eigenvalue weighted by Gasteiger charge is -2.12. The van der Waals surface area contributed by atoms with Crippen molar-refractivity contribution in [2.75, 3.05) is 21.3 Å². The van der Waals surface area contributed by atoms with Crippen LogP contribution in [0, 0.1) is 0 Å². The first-order valence-electron chi connectivity index (χ1n) is 5.76. The Kier molecular flexibility index (Phi) is 5.67. The third kappa shape index (κ3) is 3.88. The summed E-state index contributed by atoms with van der Waals surface area (Å²) in [4.78, 5) is 10.4. The summed E-state index contributed by atoms with van der Waals surface area (Å²) in [5.41, 5.74) is 1.64. The molecule has 0 aliphatic heterocycles. The second kappa shape index (κ2) is 7.26. The molecule has 19 heavy (non-hydrogen) atoms. The standard InChI is InChI=1S/C15H18O4/c1-11(7-8-16)5-6-13-14(18-3)9-12(17-2)10-15(13)19-4/h5-10H,1-4H3/b6-5+,11-7+. The average molecular weight is 262 g/mol. The number of benzene rings is 1. The molecule has 0 aliphatic rings. The van der Waals surface area contributed by atoms with Gasteiger partial charge in [-0.15, -0.1) is 0 Å². The molecule has 0 bridgehead atoms. The molecule has 1 aromatic carbocycles. The van der Waals surface area contributed by atoms with Crippen molar-refractivity contribution in [3.63, 3.8) is 0 Å². The van der Waals surface area contributed by atoms with E-state index in [0.29, 0.717) is 17.2 Å². The Bertz CT molecular complexity index is 476. The van der Waals surface area contributed by atoms with E-state index >= 15 is 0 Å². The van der Waals surface area contributed by atoms with Crippen LogP contribution in [0.3, 0.4) is 0 Å². The van der Waals surface area contributed by atoms with Crippen LogP contribution in [0.15, 0.2) is 29.9 Å². The van der Waals surface area contributed by atoms with Crippen LogP contribution in [0.1, 0.15) is 12.5 Å². The number of carbonyl (C=O) groups excluding carboxylic acids is 1. The monoisotopic (exact) mass is 262 g/mol. The third-order valence-corrected chi connectivity index (χ3v) is 2.60. The predicted octanol–water partition coefficient (Wildman–Crippen LogP) is 2.87. The fraction of sp³-hybridized carbons (Fsp3) is 0.267. The van der Waals surface area contributed by atoms with E-state index in [1.807, 2.05) is 19.1 Å². The SMILES string of the molecule is COc1cc(OC)c(/C=C/C(C)=C/C=O)c(OC)c1. The Morgan fingerprint density at radius 2 is 1.63 bits per heavy atom. The van der Waals surface area contributed by atoms with E-state index in [1.165, 1.54) is 6.08 Å². The fourth-order valence-electron chi connectivity index (χ4n) is 1.57. The fourth-order valence-corrected chi connectivity index (χ4v) is 1.57. The van der Waals surface area contributed by atoms with Gasteiger partial charge in [0, 0.05) is 12.1 Å². The molecule has 4 nitrogen and oxygen atoms in total. The number of allylic oxidation sites excluding steroid dienone is 3. The van der Waals surface area contributed by atoms with E-state index in [2.05, 4.69) is 0 Å². The maximum absolute atomic E-state index is 10.4. The van der Waals surface area contributed by atoms with Gasteiger partial charge in [0.25, 0.3) is 0 Å². The van der Waals surface area contributed by atoms with E-state index in [0.717, 1.165) is 17.4 Å². The minimum atomic E-state index is 0.645. The molecule has 4 heteroatoms. The van der Waals surface area contributed by atoms with Crippen LogP contribution in [0.4, 0.5) is 0 Å². The molecular formula is C15H18O4. The van der Waals surface area contributed by atoms with Gasteiger partial charge < -0.3 is 14.2 Å². The van der Waals surface area contributed by atoms with Crippen molar-refractivity contribution < 1.29 is 19.0 Å². The van der Waals surface area contributed by atoms with Gasteiger partial charge in [0.15, 0.2) is 0 Å². The molecule has 0 heterocycles. The van der Waals surface area contributed by atoms with Gasteiger partial charge in [-0.25, -0.2) is 0 Å². The molecule has 0 saturated carbocycles. The molecule has 0 unspecified atom stereocenters. The van der Waals surface area contributed by atoms with Crippen molar-refractivity contribution in [2.45, 2.75) is 6.92 Å². The van der Waals surface area contributed by atoms with Crippen LogP contribution < -0.4 is 14.2 Å². The maximum Gasteiger partial charge on any atom is 0.143 e. The number of hydrogen-bond acceptors (Lipinski definition) is 4. The summed E-state index contributed by atoms with van der Waals surface area (Å²) in [7, 11) is 4.75. The van der Waals surface area contributed by atoms with Gasteiger partial charge in [-0.2, -0.15) is 0 Å². The summed E-state index contributed by atoms with van der Waals surface area (Å²) in [6.45, 7) is 1.84. The number of hydrogen-bond donors (Lipinski definition) is 0. The number of methoxy groups -OCH3 is 3. The van der Waals surface area contributed by atoms with Gasteiger partial charge >= 0.3 is 0 Å². The first kappa shape index (κ1) is 14.8. The lowest BCUT2D eigenvalue weighted by Crippen LogP contribution is -1.94. The Labute approximate surface area is 113 Å². The Morgan fingerprint density at radius 3 is 2.05 bits per heavy atom. The highest BCUT2D eigenvalue weighted by Gasteiger charge is 2.10. The molecule has 0 spiro atoms. The zero-order chi connectivity index (χ0) is 14.3. The number of rotatable bonds is 6. The minimum absolute atomic E-state index is 0.645. The van der Waals surface area contributed by atoms with Crippen molar-refractivity contribution in [3.05, 3.63) is 35.4 Å². The quantitative estimate of drug-likeness (QED) is 0.449. The lowest BCUT2D eigenvalue weighted by molar-refractivity contribution is -0.104. The number of carbonyl (C=O) groups is 1. The molecule has 0 saturated heterocycles. The zero-order valence-corrected chi connectivity index (χ0v) is 11.6. The topological polar surface area (TPSA) is 44.8 Å². The molecule has 102 valence electrons. The van der Waals surface area contributed by atoms with Crippen molar-refractivity contribution in [2.24, 2.45) is 0 Å². The van der Waals surface area contributed by atoms with Crippen LogP contribution in [0.25, 0.3) is 6.08 Å². The number of ether oxygens (including phenoxy) is 3. The van der Waals surface area contributed by atoms with E-state index in [9.17, 15) is 4.79 Å². The molecule has 0 N–H and O–H groups in total. The molecular weight excluding hydrogens is 244 g/mol. The van der Waals surface area contributed by atoms with Crippen molar-refractivity contribution in [3.8, 4) is 17.2 Å². The van der Waals surface area contributed by atoms with Gasteiger partial charge in [-0.3, -0.25) is 4.79 Å². The second-order valence-electron chi connectivity index (χ2n) is 3.83. The third-order valence-electron chi connectivity index (χ3n) is 2.60. The largest absolute Gasteiger partial charge is 0.496 e. The number of aldehydes is 1. The van der Waals surface area contributed by atoms with Gasteiger partial charge in [-0.05, 0) is 24.6 Å². The molecule has 1 rings (SSSR count). The minimum Gasteiger partial charge on any atom is -0.496 e. The first-order valence-corrected chi connectivity index (χ1v) is 5.76. The van der Waals surface area contributed by atoms with Crippen LogP contribution in [0.2, 0.25) is 0 Å². The lowest BCUT2D eigenvalue weighted by atomic mass is 10.1. The predicted molar refractivity (Wildman–Crippen MR) is 75.0 cm³/mol. The highest BCUT2D eigenvalue weighted by molar-refractivity contribution is 5.71. The van der Waals surface area contributed by atoms with E-state index in [4.69, 9.17) is 14.2 Å². The maximum atomic E-state index is 10.4. The molecule has 0 atom stereocenters. The van der Waals surface area contributed by atoms with Crippen molar-refractivity contribution >= 4 is 12.4 Å². The van der Waals surface area contributed by atoms with Crippen LogP contribution in [0.5, 0.6) is 17.2 Å². The molecule has 0 amide bonds. The Balaban J connectivity index is 3.24. The molecule has 0 aromatic heterocycles. The van der Waals surface area contributed by atoms with Gasteiger partial charge in [0.2, 0.25) is 0 Å². The average Bonchev–Trinajstić information content (AvgIpc) is 2.44. The molecule has 0 fully saturated rings. The van der Waals surface area contributed by atoms with Crippen molar-refractivity contribution in [1.29, 1.82) is 0 Å².